The van der Waals surface area contributed by atoms with Crippen LogP contribution in [0.2, 0.25) is 0 Å². The molecule has 0 radical (unpaired) electrons. The first-order valence-electron chi connectivity index (χ1n) is 6.00. The number of rotatable bonds is 4. The Labute approximate surface area is 111 Å². The van der Waals surface area contributed by atoms with Crippen molar-refractivity contribution >= 4 is 22.7 Å². The van der Waals surface area contributed by atoms with Gasteiger partial charge in [-0.25, -0.2) is 0 Å². The molecule has 0 unspecified atom stereocenters. The Morgan fingerprint density at radius 1 is 1.21 bits per heavy atom. The van der Waals surface area contributed by atoms with Gasteiger partial charge < -0.3 is 10.6 Å². The fourth-order valence-corrected chi connectivity index (χ4v) is 2.01. The highest BCUT2D eigenvalue weighted by molar-refractivity contribution is 5.74. The van der Waals surface area contributed by atoms with Crippen molar-refractivity contribution in [1.82, 2.24) is 0 Å². The van der Waals surface area contributed by atoms with Crippen LogP contribution in [0.4, 0.5) is 22.7 Å². The second-order valence-corrected chi connectivity index (χ2v) is 4.09. The zero-order valence-electron chi connectivity index (χ0n) is 10.6. The van der Waals surface area contributed by atoms with Gasteiger partial charge in [0.25, 0.3) is 5.69 Å². The molecular weight excluding hydrogens is 242 g/mol. The predicted molar refractivity (Wildman–Crippen MR) is 76.6 cm³/mol. The lowest BCUT2D eigenvalue weighted by atomic mass is 10.2. The summed E-state index contributed by atoms with van der Waals surface area (Å²) >= 11 is 0. The summed E-state index contributed by atoms with van der Waals surface area (Å²) in [5.74, 6) is 0. The van der Waals surface area contributed by atoms with Gasteiger partial charge in [0.1, 0.15) is 5.69 Å². The zero-order valence-corrected chi connectivity index (χ0v) is 10.6. The Bertz CT molecular complexity index is 584. The minimum atomic E-state index is -0.405. The summed E-state index contributed by atoms with van der Waals surface area (Å²) in [6.07, 6.45) is 0. The molecular formula is C14H15N3O2. The van der Waals surface area contributed by atoms with Crippen LogP contribution in [0.3, 0.4) is 0 Å². The van der Waals surface area contributed by atoms with E-state index >= 15 is 0 Å². The van der Waals surface area contributed by atoms with Gasteiger partial charge >= 0.3 is 0 Å². The van der Waals surface area contributed by atoms with Crippen molar-refractivity contribution in [3.05, 3.63) is 58.6 Å². The van der Waals surface area contributed by atoms with E-state index in [-0.39, 0.29) is 5.69 Å². The molecule has 19 heavy (non-hydrogen) atoms. The molecule has 0 spiro atoms. The molecule has 0 aliphatic rings. The number of nitrogens with two attached hydrogens (primary N) is 1. The molecule has 2 rings (SSSR count). The maximum Gasteiger partial charge on any atom is 0.294 e. The topological polar surface area (TPSA) is 72.4 Å². The zero-order chi connectivity index (χ0) is 13.8. The van der Waals surface area contributed by atoms with E-state index in [0.717, 1.165) is 5.69 Å². The van der Waals surface area contributed by atoms with E-state index in [1.165, 1.54) is 6.07 Å². The molecule has 0 aliphatic carbocycles. The van der Waals surface area contributed by atoms with Gasteiger partial charge in [-0.15, -0.1) is 0 Å². The van der Waals surface area contributed by atoms with Crippen LogP contribution in [0.1, 0.15) is 6.92 Å². The number of anilines is 3. The fourth-order valence-electron chi connectivity index (χ4n) is 2.01. The first-order chi connectivity index (χ1) is 9.13. The van der Waals surface area contributed by atoms with Crippen LogP contribution in [-0.4, -0.2) is 11.5 Å². The SMILES string of the molecule is CCN(c1ccccc1)c1ccc(N)cc1[N+](=O)[O-]. The number of hydrogen-bond donors (Lipinski definition) is 1. The number of nitro benzene ring substituents is 1. The molecule has 0 saturated carbocycles. The van der Waals surface area contributed by atoms with Gasteiger partial charge in [-0.1, -0.05) is 18.2 Å². The molecule has 2 aromatic rings. The van der Waals surface area contributed by atoms with Crippen LogP contribution in [0.15, 0.2) is 48.5 Å². The highest BCUT2D eigenvalue weighted by atomic mass is 16.6. The molecule has 0 bridgehead atoms. The quantitative estimate of drug-likeness (QED) is 0.518. The summed E-state index contributed by atoms with van der Waals surface area (Å²) in [6, 6.07) is 14.3. The van der Waals surface area contributed by atoms with Crippen molar-refractivity contribution in [2.24, 2.45) is 0 Å². The Morgan fingerprint density at radius 2 is 1.89 bits per heavy atom. The van der Waals surface area contributed by atoms with E-state index in [1.54, 1.807) is 12.1 Å². The molecule has 0 saturated heterocycles. The predicted octanol–water partition coefficient (Wildman–Crippen LogP) is 3.34. The molecule has 0 heterocycles. The van der Waals surface area contributed by atoms with Crippen molar-refractivity contribution in [2.45, 2.75) is 6.92 Å². The molecule has 5 heteroatoms. The van der Waals surface area contributed by atoms with Crippen molar-refractivity contribution < 1.29 is 4.92 Å². The highest BCUT2D eigenvalue weighted by Crippen LogP contribution is 2.34. The molecule has 0 fully saturated rings. The summed E-state index contributed by atoms with van der Waals surface area (Å²) in [7, 11) is 0. The molecule has 0 aliphatic heterocycles. The summed E-state index contributed by atoms with van der Waals surface area (Å²) in [4.78, 5) is 12.6. The lowest BCUT2D eigenvalue weighted by Crippen LogP contribution is -2.17. The molecule has 0 atom stereocenters. The van der Waals surface area contributed by atoms with E-state index < -0.39 is 4.92 Å². The fraction of sp³-hybridized carbons (Fsp3) is 0.143. The van der Waals surface area contributed by atoms with E-state index in [1.807, 2.05) is 42.2 Å². The van der Waals surface area contributed by atoms with Crippen molar-refractivity contribution in [3.8, 4) is 0 Å². The van der Waals surface area contributed by atoms with E-state index in [9.17, 15) is 10.1 Å². The van der Waals surface area contributed by atoms with Gasteiger partial charge in [0.15, 0.2) is 0 Å². The third-order valence-electron chi connectivity index (χ3n) is 2.87. The van der Waals surface area contributed by atoms with Crippen molar-refractivity contribution in [1.29, 1.82) is 0 Å². The van der Waals surface area contributed by atoms with E-state index in [2.05, 4.69) is 0 Å². The van der Waals surface area contributed by atoms with Crippen LogP contribution >= 0.6 is 0 Å². The molecule has 98 valence electrons. The lowest BCUT2D eigenvalue weighted by molar-refractivity contribution is -0.384. The third kappa shape index (κ3) is 2.65. The second-order valence-electron chi connectivity index (χ2n) is 4.09. The Morgan fingerprint density at radius 3 is 2.47 bits per heavy atom. The molecule has 2 aromatic carbocycles. The maximum atomic E-state index is 11.1. The largest absolute Gasteiger partial charge is 0.399 e. The van der Waals surface area contributed by atoms with Gasteiger partial charge in [-0.3, -0.25) is 10.1 Å². The van der Waals surface area contributed by atoms with Gasteiger partial charge in [0.2, 0.25) is 0 Å². The first kappa shape index (κ1) is 12.9. The lowest BCUT2D eigenvalue weighted by Gasteiger charge is -2.23. The summed E-state index contributed by atoms with van der Waals surface area (Å²) in [6.45, 7) is 2.59. The highest BCUT2D eigenvalue weighted by Gasteiger charge is 2.19. The summed E-state index contributed by atoms with van der Waals surface area (Å²) in [5.41, 5.74) is 7.49. The Hall–Kier alpha value is -2.56. The smallest absolute Gasteiger partial charge is 0.294 e. The number of nitro groups is 1. The average molecular weight is 257 g/mol. The summed E-state index contributed by atoms with van der Waals surface area (Å²) in [5, 5.41) is 11.1. The monoisotopic (exact) mass is 257 g/mol. The normalized spacial score (nSPS) is 10.2. The minimum Gasteiger partial charge on any atom is -0.399 e. The van der Waals surface area contributed by atoms with Gasteiger partial charge in [0, 0.05) is 24.0 Å². The van der Waals surface area contributed by atoms with E-state index in [4.69, 9.17) is 5.73 Å². The maximum absolute atomic E-state index is 11.1. The molecule has 0 aromatic heterocycles. The van der Waals surface area contributed by atoms with Gasteiger partial charge in [-0.05, 0) is 31.2 Å². The standard InChI is InChI=1S/C14H15N3O2/c1-2-16(12-6-4-3-5-7-12)13-9-8-11(15)10-14(13)17(18)19/h3-10H,2,15H2,1H3. The number of para-hydroxylation sites is 1. The minimum absolute atomic E-state index is 0.0192. The third-order valence-corrected chi connectivity index (χ3v) is 2.87. The Balaban J connectivity index is 2.53. The molecule has 0 amide bonds. The van der Waals surface area contributed by atoms with Gasteiger partial charge in [0.05, 0.1) is 4.92 Å². The Kier molecular flexibility index (Phi) is 3.66. The van der Waals surface area contributed by atoms with Crippen LogP contribution in [0.5, 0.6) is 0 Å². The van der Waals surface area contributed by atoms with Crippen molar-refractivity contribution in [3.63, 3.8) is 0 Å². The van der Waals surface area contributed by atoms with Crippen LogP contribution in [-0.2, 0) is 0 Å². The second kappa shape index (κ2) is 5.39. The number of nitrogens with zero attached hydrogens (tertiary/aromatic N) is 2. The van der Waals surface area contributed by atoms with Crippen LogP contribution < -0.4 is 10.6 Å². The first-order valence-corrected chi connectivity index (χ1v) is 6.00. The van der Waals surface area contributed by atoms with E-state index in [0.29, 0.717) is 17.9 Å². The summed E-state index contributed by atoms with van der Waals surface area (Å²) < 4.78 is 0. The van der Waals surface area contributed by atoms with Crippen LogP contribution in [0.25, 0.3) is 0 Å². The molecule has 5 nitrogen and oxygen atoms in total. The number of hydrogen-bond acceptors (Lipinski definition) is 4. The average Bonchev–Trinajstić information content (AvgIpc) is 2.42. The number of nitrogen functional groups attached to an aromatic ring is 1. The number of benzene rings is 2. The van der Waals surface area contributed by atoms with Crippen molar-refractivity contribution in [2.75, 3.05) is 17.2 Å². The molecule has 2 N–H and O–H groups in total. The van der Waals surface area contributed by atoms with Gasteiger partial charge in [-0.2, -0.15) is 0 Å². The van der Waals surface area contributed by atoms with Crippen LogP contribution in [0, 0.1) is 10.1 Å².